The third kappa shape index (κ3) is 3.55. The van der Waals surface area contributed by atoms with Gasteiger partial charge in [-0.15, -0.1) is 0 Å². The summed E-state index contributed by atoms with van der Waals surface area (Å²) in [5.74, 6) is 0.754. The number of rotatable bonds is 4. The highest BCUT2D eigenvalue weighted by atomic mass is 16.5. The van der Waals surface area contributed by atoms with Crippen molar-refractivity contribution in [3.63, 3.8) is 0 Å². The molecule has 1 aliphatic rings. The first kappa shape index (κ1) is 20.0. The highest BCUT2D eigenvalue weighted by molar-refractivity contribution is 5.98. The largest absolute Gasteiger partial charge is 0.337 e. The molecule has 32 heavy (non-hydrogen) atoms. The number of pyridine rings is 1. The highest BCUT2D eigenvalue weighted by Crippen LogP contribution is 2.34. The minimum Gasteiger partial charge on any atom is -0.337 e. The molecule has 1 amide bonds. The van der Waals surface area contributed by atoms with E-state index >= 15 is 0 Å². The van der Waals surface area contributed by atoms with Gasteiger partial charge in [0.1, 0.15) is 11.7 Å². The maximum Gasteiger partial charge on any atom is 0.256 e. The van der Waals surface area contributed by atoms with Crippen LogP contribution in [0, 0.1) is 20.8 Å². The van der Waals surface area contributed by atoms with Crippen LogP contribution in [0.5, 0.6) is 0 Å². The third-order valence-corrected chi connectivity index (χ3v) is 5.84. The van der Waals surface area contributed by atoms with Gasteiger partial charge in [0, 0.05) is 12.2 Å². The second-order valence-electron chi connectivity index (χ2n) is 8.05. The van der Waals surface area contributed by atoms with E-state index in [2.05, 4.69) is 25.3 Å². The predicted molar refractivity (Wildman–Crippen MR) is 116 cm³/mol. The van der Waals surface area contributed by atoms with Crippen LogP contribution in [0.25, 0.3) is 17.2 Å². The number of benzene rings is 1. The molecule has 162 valence electrons. The lowest BCUT2D eigenvalue weighted by Crippen LogP contribution is -2.31. The van der Waals surface area contributed by atoms with Crippen molar-refractivity contribution in [2.24, 2.45) is 0 Å². The van der Waals surface area contributed by atoms with E-state index in [0.717, 1.165) is 29.7 Å². The average Bonchev–Trinajstić information content (AvgIpc) is 3.55. The Morgan fingerprint density at radius 1 is 1.06 bits per heavy atom. The fraction of sp³-hybridized carbons (Fsp3) is 0.304. The zero-order chi connectivity index (χ0) is 22.2. The first-order valence-corrected chi connectivity index (χ1v) is 10.6. The van der Waals surface area contributed by atoms with Crippen molar-refractivity contribution < 1.29 is 9.32 Å². The number of hydrogen-bond acceptors (Lipinski definition) is 7. The summed E-state index contributed by atoms with van der Waals surface area (Å²) >= 11 is 0. The molecule has 0 spiro atoms. The lowest BCUT2D eigenvalue weighted by Gasteiger charge is -2.23. The number of amides is 1. The van der Waals surface area contributed by atoms with Gasteiger partial charge in [0.05, 0.1) is 23.6 Å². The molecular weight excluding hydrogens is 406 g/mol. The van der Waals surface area contributed by atoms with Crippen molar-refractivity contribution >= 4 is 5.91 Å². The van der Waals surface area contributed by atoms with Gasteiger partial charge in [0.25, 0.3) is 5.91 Å². The lowest BCUT2D eigenvalue weighted by molar-refractivity contribution is 0.0709. The summed E-state index contributed by atoms with van der Waals surface area (Å²) < 4.78 is 5.59. The second-order valence-corrected chi connectivity index (χ2v) is 8.05. The van der Waals surface area contributed by atoms with Gasteiger partial charge in [-0.25, -0.2) is 4.98 Å². The summed E-state index contributed by atoms with van der Waals surface area (Å²) in [5.41, 5.74) is 4.85. The first-order valence-electron chi connectivity index (χ1n) is 10.6. The first-order chi connectivity index (χ1) is 15.5. The molecule has 1 aliphatic heterocycles. The SMILES string of the molecule is Cc1ccc(-n2nccn2)c(C(=O)N2CCCC2c2nc(-c3ccc(C)c(C)n3)no2)c1. The number of carbonyl (C=O) groups is 1. The number of aromatic nitrogens is 6. The van der Waals surface area contributed by atoms with Crippen molar-refractivity contribution in [2.45, 2.75) is 39.7 Å². The summed E-state index contributed by atoms with van der Waals surface area (Å²) in [6, 6.07) is 9.26. The molecule has 0 radical (unpaired) electrons. The van der Waals surface area contributed by atoms with Gasteiger partial charge >= 0.3 is 0 Å². The van der Waals surface area contributed by atoms with Crippen LogP contribution in [0.1, 0.15) is 52.0 Å². The third-order valence-electron chi connectivity index (χ3n) is 5.84. The van der Waals surface area contributed by atoms with Gasteiger partial charge < -0.3 is 9.42 Å². The van der Waals surface area contributed by atoms with Gasteiger partial charge in [0.2, 0.25) is 11.7 Å². The monoisotopic (exact) mass is 429 g/mol. The smallest absolute Gasteiger partial charge is 0.256 e. The number of nitrogens with zero attached hydrogens (tertiary/aromatic N) is 7. The Hall–Kier alpha value is -3.88. The van der Waals surface area contributed by atoms with Crippen LogP contribution < -0.4 is 0 Å². The highest BCUT2D eigenvalue weighted by Gasteiger charge is 2.36. The lowest BCUT2D eigenvalue weighted by atomic mass is 10.1. The number of carbonyl (C=O) groups excluding carboxylic acids is 1. The molecule has 1 fully saturated rings. The molecule has 4 heterocycles. The van der Waals surface area contributed by atoms with Crippen molar-refractivity contribution in [3.8, 4) is 17.2 Å². The van der Waals surface area contributed by atoms with Gasteiger partial charge in [-0.05, 0) is 57.4 Å². The fourth-order valence-corrected chi connectivity index (χ4v) is 3.99. The minimum absolute atomic E-state index is 0.104. The quantitative estimate of drug-likeness (QED) is 0.488. The van der Waals surface area contributed by atoms with Crippen molar-refractivity contribution in [1.29, 1.82) is 0 Å². The molecule has 9 nitrogen and oxygen atoms in total. The van der Waals surface area contributed by atoms with Crippen molar-refractivity contribution in [3.05, 3.63) is 71.0 Å². The van der Waals surface area contributed by atoms with Crippen LogP contribution in [0.4, 0.5) is 0 Å². The van der Waals surface area contributed by atoms with E-state index in [4.69, 9.17) is 4.52 Å². The summed E-state index contributed by atoms with van der Waals surface area (Å²) in [5, 5.41) is 12.5. The van der Waals surface area contributed by atoms with E-state index in [1.807, 2.05) is 51.1 Å². The Bertz CT molecular complexity index is 1280. The van der Waals surface area contributed by atoms with E-state index in [1.54, 1.807) is 17.3 Å². The van der Waals surface area contributed by atoms with E-state index in [9.17, 15) is 4.79 Å². The minimum atomic E-state index is -0.283. The van der Waals surface area contributed by atoms with E-state index < -0.39 is 0 Å². The molecule has 1 saturated heterocycles. The van der Waals surface area contributed by atoms with Crippen LogP contribution >= 0.6 is 0 Å². The fourth-order valence-electron chi connectivity index (χ4n) is 3.99. The number of likely N-dealkylation sites (tertiary alicyclic amines) is 1. The Labute approximate surface area is 185 Å². The topological polar surface area (TPSA) is 103 Å². The molecule has 3 aromatic heterocycles. The number of aryl methyl sites for hydroxylation is 3. The zero-order valence-electron chi connectivity index (χ0n) is 18.2. The van der Waals surface area contributed by atoms with Crippen LogP contribution in [-0.4, -0.2) is 47.5 Å². The summed E-state index contributed by atoms with van der Waals surface area (Å²) in [7, 11) is 0. The summed E-state index contributed by atoms with van der Waals surface area (Å²) in [6.45, 7) is 6.53. The summed E-state index contributed by atoms with van der Waals surface area (Å²) in [4.78, 5) is 26.0. The Kier molecular flexibility index (Phi) is 5.01. The van der Waals surface area contributed by atoms with Crippen LogP contribution in [0.3, 0.4) is 0 Å². The van der Waals surface area contributed by atoms with Gasteiger partial charge in [-0.3, -0.25) is 4.79 Å². The Balaban J connectivity index is 1.46. The van der Waals surface area contributed by atoms with E-state index in [-0.39, 0.29) is 11.9 Å². The van der Waals surface area contributed by atoms with Gasteiger partial charge in [-0.1, -0.05) is 22.9 Å². The standard InChI is InChI=1S/C23H23N7O2/c1-14-6-9-19(30-24-10-11-25-30)17(13-14)23(31)29-12-4-5-20(29)22-27-21(28-32-22)18-8-7-15(2)16(3)26-18/h6-11,13,20H,4-5,12H2,1-3H3. The molecule has 5 rings (SSSR count). The molecule has 9 heteroatoms. The van der Waals surface area contributed by atoms with Crippen molar-refractivity contribution in [1.82, 2.24) is 35.0 Å². The normalized spacial score (nSPS) is 16.0. The molecule has 1 aromatic carbocycles. The van der Waals surface area contributed by atoms with Crippen molar-refractivity contribution in [2.75, 3.05) is 6.54 Å². The molecule has 0 aliphatic carbocycles. The predicted octanol–water partition coefficient (Wildman–Crippen LogP) is 3.61. The maximum atomic E-state index is 13.6. The maximum absolute atomic E-state index is 13.6. The molecule has 0 saturated carbocycles. The Morgan fingerprint density at radius 2 is 1.88 bits per heavy atom. The molecule has 1 atom stereocenters. The molecule has 4 aromatic rings. The molecule has 0 bridgehead atoms. The molecular formula is C23H23N7O2. The van der Waals surface area contributed by atoms with E-state index in [0.29, 0.717) is 35.2 Å². The van der Waals surface area contributed by atoms with Crippen LogP contribution in [0.2, 0.25) is 0 Å². The Morgan fingerprint density at radius 3 is 2.66 bits per heavy atom. The zero-order valence-corrected chi connectivity index (χ0v) is 18.2. The number of hydrogen-bond donors (Lipinski definition) is 0. The van der Waals surface area contributed by atoms with Gasteiger partial charge in [-0.2, -0.15) is 20.0 Å². The second kappa shape index (κ2) is 7.99. The van der Waals surface area contributed by atoms with Gasteiger partial charge in [0.15, 0.2) is 0 Å². The molecule has 0 N–H and O–H groups in total. The van der Waals surface area contributed by atoms with E-state index in [1.165, 1.54) is 4.80 Å². The molecule has 1 unspecified atom stereocenters. The average molecular weight is 429 g/mol. The van der Waals surface area contributed by atoms with Crippen LogP contribution in [-0.2, 0) is 0 Å². The van der Waals surface area contributed by atoms with Crippen LogP contribution in [0.15, 0.2) is 47.2 Å². The summed E-state index contributed by atoms with van der Waals surface area (Å²) in [6.07, 6.45) is 4.80.